The highest BCUT2D eigenvalue weighted by Crippen LogP contribution is 2.35. The number of rotatable bonds is 8. The molecule has 7 heteroatoms. The lowest BCUT2D eigenvalue weighted by Gasteiger charge is -2.14. The quantitative estimate of drug-likeness (QED) is 0.208. The standard InChI is InChI=1S/C29H27ClN2O4/c1-18(2)20-9-7-19(8-10-20)17-36-26-14-12-22(28-23(26)5-4-6-27(28)35-3)16-31-32-29(34)21-11-13-25(33)24(30)15-21/h4-16,18,33H,17H2,1-3H3,(H,32,34)/b31-16+. The van der Waals surface area contributed by atoms with Gasteiger partial charge in [-0.05, 0) is 53.4 Å². The Morgan fingerprint density at radius 1 is 1.06 bits per heavy atom. The second-order valence-electron chi connectivity index (χ2n) is 8.59. The molecule has 1 amide bonds. The van der Waals surface area contributed by atoms with Gasteiger partial charge in [-0.25, -0.2) is 5.43 Å². The van der Waals surface area contributed by atoms with E-state index in [0.717, 1.165) is 27.6 Å². The minimum atomic E-state index is -0.451. The van der Waals surface area contributed by atoms with Gasteiger partial charge in [0.1, 0.15) is 23.9 Å². The number of nitrogens with one attached hydrogen (secondary N) is 1. The molecule has 0 aliphatic carbocycles. The van der Waals surface area contributed by atoms with Crippen molar-refractivity contribution in [1.82, 2.24) is 5.43 Å². The highest BCUT2D eigenvalue weighted by atomic mass is 35.5. The highest BCUT2D eigenvalue weighted by Gasteiger charge is 2.12. The van der Waals surface area contributed by atoms with Crippen molar-refractivity contribution < 1.29 is 19.4 Å². The fourth-order valence-corrected chi connectivity index (χ4v) is 3.99. The summed E-state index contributed by atoms with van der Waals surface area (Å²) in [5, 5.41) is 15.4. The van der Waals surface area contributed by atoms with Gasteiger partial charge in [-0.1, -0.05) is 61.8 Å². The third-order valence-electron chi connectivity index (χ3n) is 5.83. The Kier molecular flexibility index (Phi) is 7.76. The smallest absolute Gasteiger partial charge is 0.271 e. The van der Waals surface area contributed by atoms with Crippen LogP contribution in [-0.2, 0) is 6.61 Å². The maximum absolute atomic E-state index is 12.4. The van der Waals surface area contributed by atoms with Crippen molar-refractivity contribution in [2.45, 2.75) is 26.4 Å². The van der Waals surface area contributed by atoms with E-state index in [0.29, 0.717) is 18.3 Å². The van der Waals surface area contributed by atoms with E-state index in [-0.39, 0.29) is 16.3 Å². The number of nitrogens with zero attached hydrogens (tertiary/aromatic N) is 1. The molecule has 0 saturated heterocycles. The number of hydrogen-bond acceptors (Lipinski definition) is 5. The Hall–Kier alpha value is -4.03. The van der Waals surface area contributed by atoms with Crippen LogP contribution in [0.25, 0.3) is 10.8 Å². The largest absolute Gasteiger partial charge is 0.506 e. The molecule has 2 N–H and O–H groups in total. The molecule has 0 aromatic heterocycles. The number of methoxy groups -OCH3 is 1. The van der Waals surface area contributed by atoms with E-state index in [1.165, 1.54) is 23.8 Å². The summed E-state index contributed by atoms with van der Waals surface area (Å²) in [7, 11) is 1.61. The van der Waals surface area contributed by atoms with Crippen LogP contribution in [0.4, 0.5) is 0 Å². The van der Waals surface area contributed by atoms with Gasteiger partial charge >= 0.3 is 0 Å². The zero-order valence-electron chi connectivity index (χ0n) is 20.3. The number of halogens is 1. The van der Waals surface area contributed by atoms with Crippen LogP contribution < -0.4 is 14.9 Å². The van der Waals surface area contributed by atoms with E-state index >= 15 is 0 Å². The van der Waals surface area contributed by atoms with Gasteiger partial charge in [0.25, 0.3) is 5.91 Å². The Balaban J connectivity index is 1.56. The summed E-state index contributed by atoms with van der Waals surface area (Å²) in [5.41, 5.74) is 5.89. The number of amides is 1. The summed E-state index contributed by atoms with van der Waals surface area (Å²) in [5.74, 6) is 1.32. The molecule has 4 aromatic carbocycles. The molecular formula is C29H27ClN2O4. The van der Waals surface area contributed by atoms with Crippen molar-refractivity contribution in [3.8, 4) is 17.2 Å². The molecule has 0 unspecified atom stereocenters. The molecule has 4 aromatic rings. The Labute approximate surface area is 215 Å². The van der Waals surface area contributed by atoms with Gasteiger partial charge in [0, 0.05) is 21.9 Å². The molecular weight excluding hydrogens is 476 g/mol. The van der Waals surface area contributed by atoms with Crippen LogP contribution >= 0.6 is 11.6 Å². The maximum Gasteiger partial charge on any atom is 0.271 e. The molecule has 0 aliphatic rings. The number of benzene rings is 4. The number of hydrogen-bond donors (Lipinski definition) is 2. The van der Waals surface area contributed by atoms with Gasteiger partial charge in [-0.3, -0.25) is 4.79 Å². The second-order valence-corrected chi connectivity index (χ2v) is 8.99. The lowest BCUT2D eigenvalue weighted by molar-refractivity contribution is 0.0955. The minimum Gasteiger partial charge on any atom is -0.506 e. The zero-order chi connectivity index (χ0) is 25.7. The number of phenolic OH excluding ortho intramolecular Hbond substituents is 1. The van der Waals surface area contributed by atoms with Gasteiger partial charge in [0.2, 0.25) is 0 Å². The van der Waals surface area contributed by atoms with Crippen molar-refractivity contribution in [3.05, 3.63) is 100 Å². The van der Waals surface area contributed by atoms with Gasteiger partial charge < -0.3 is 14.6 Å². The number of phenols is 1. The number of hydrazone groups is 1. The van der Waals surface area contributed by atoms with Crippen molar-refractivity contribution in [1.29, 1.82) is 0 Å². The molecule has 0 atom stereocenters. The van der Waals surface area contributed by atoms with Crippen molar-refractivity contribution >= 4 is 34.5 Å². The first-order valence-electron chi connectivity index (χ1n) is 11.5. The van der Waals surface area contributed by atoms with Crippen LogP contribution in [-0.4, -0.2) is 24.3 Å². The summed E-state index contributed by atoms with van der Waals surface area (Å²) in [4.78, 5) is 12.4. The molecule has 0 heterocycles. The Morgan fingerprint density at radius 3 is 2.53 bits per heavy atom. The van der Waals surface area contributed by atoms with Crippen LogP contribution in [0, 0.1) is 0 Å². The fraction of sp³-hybridized carbons (Fsp3) is 0.172. The summed E-state index contributed by atoms with van der Waals surface area (Å²) in [6.45, 7) is 4.78. The molecule has 6 nitrogen and oxygen atoms in total. The predicted octanol–water partition coefficient (Wildman–Crippen LogP) is 6.67. The van der Waals surface area contributed by atoms with E-state index in [1.807, 2.05) is 30.3 Å². The van der Waals surface area contributed by atoms with Gasteiger partial charge in [0.15, 0.2) is 0 Å². The monoisotopic (exact) mass is 502 g/mol. The van der Waals surface area contributed by atoms with E-state index in [2.05, 4.69) is 48.6 Å². The van der Waals surface area contributed by atoms with E-state index < -0.39 is 5.91 Å². The fourth-order valence-electron chi connectivity index (χ4n) is 3.81. The average molecular weight is 503 g/mol. The molecule has 0 spiro atoms. The second kappa shape index (κ2) is 11.1. The zero-order valence-corrected chi connectivity index (χ0v) is 21.0. The lowest BCUT2D eigenvalue weighted by Crippen LogP contribution is -2.17. The average Bonchev–Trinajstić information content (AvgIpc) is 2.89. The van der Waals surface area contributed by atoms with Crippen LogP contribution in [0.3, 0.4) is 0 Å². The third kappa shape index (κ3) is 5.61. The SMILES string of the molecule is COc1cccc2c(OCc3ccc(C(C)C)cc3)ccc(/C=N/NC(=O)c3ccc(O)c(Cl)c3)c12. The third-order valence-corrected chi connectivity index (χ3v) is 6.14. The molecule has 4 rings (SSSR count). The summed E-state index contributed by atoms with van der Waals surface area (Å²) < 4.78 is 11.8. The Bertz CT molecular complexity index is 1420. The highest BCUT2D eigenvalue weighted by molar-refractivity contribution is 6.32. The lowest BCUT2D eigenvalue weighted by atomic mass is 10.0. The van der Waals surface area contributed by atoms with Gasteiger partial charge in [-0.2, -0.15) is 5.10 Å². The first-order chi connectivity index (χ1) is 17.4. The predicted molar refractivity (Wildman–Crippen MR) is 144 cm³/mol. The van der Waals surface area contributed by atoms with Crippen LogP contribution in [0.2, 0.25) is 5.02 Å². The topological polar surface area (TPSA) is 80.2 Å². The molecule has 0 bridgehead atoms. The van der Waals surface area contributed by atoms with Gasteiger partial charge in [0.05, 0.1) is 18.3 Å². The maximum atomic E-state index is 12.4. The molecule has 0 radical (unpaired) electrons. The van der Waals surface area contributed by atoms with Gasteiger partial charge in [-0.15, -0.1) is 0 Å². The minimum absolute atomic E-state index is 0.0915. The van der Waals surface area contributed by atoms with E-state index in [1.54, 1.807) is 13.3 Å². The normalized spacial score (nSPS) is 11.2. The first-order valence-corrected chi connectivity index (χ1v) is 11.9. The Morgan fingerprint density at radius 2 is 1.83 bits per heavy atom. The summed E-state index contributed by atoms with van der Waals surface area (Å²) in [6, 6.07) is 22.1. The number of fused-ring (bicyclic) bond motifs is 1. The molecule has 0 aliphatic heterocycles. The number of aromatic hydroxyl groups is 1. The number of carbonyl (C=O) groups is 1. The number of carbonyl (C=O) groups excluding carboxylic acids is 1. The summed E-state index contributed by atoms with van der Waals surface area (Å²) >= 11 is 5.89. The molecule has 184 valence electrons. The summed E-state index contributed by atoms with van der Waals surface area (Å²) in [6.07, 6.45) is 1.55. The molecule has 0 saturated carbocycles. The molecule has 0 fully saturated rings. The van der Waals surface area contributed by atoms with Crippen molar-refractivity contribution in [2.75, 3.05) is 7.11 Å². The van der Waals surface area contributed by atoms with Crippen LogP contribution in [0.5, 0.6) is 17.2 Å². The van der Waals surface area contributed by atoms with Crippen LogP contribution in [0.15, 0.2) is 77.9 Å². The van der Waals surface area contributed by atoms with Crippen molar-refractivity contribution in [3.63, 3.8) is 0 Å². The molecule has 36 heavy (non-hydrogen) atoms. The first kappa shape index (κ1) is 25.1. The van der Waals surface area contributed by atoms with E-state index in [4.69, 9.17) is 21.1 Å². The van der Waals surface area contributed by atoms with E-state index in [9.17, 15) is 9.90 Å². The van der Waals surface area contributed by atoms with Crippen molar-refractivity contribution in [2.24, 2.45) is 5.10 Å². The number of ether oxygens (including phenoxy) is 2. The van der Waals surface area contributed by atoms with Crippen LogP contribution in [0.1, 0.15) is 46.8 Å².